The molecule has 1 heterocycles. The van der Waals surface area contributed by atoms with Gasteiger partial charge in [-0.05, 0) is 42.1 Å². The monoisotopic (exact) mass is 316 g/mol. The number of nitrogens with one attached hydrogen (secondary N) is 2. The van der Waals surface area contributed by atoms with Crippen molar-refractivity contribution in [1.82, 2.24) is 9.97 Å². The highest BCUT2D eigenvalue weighted by atomic mass is 79.9. The summed E-state index contributed by atoms with van der Waals surface area (Å²) in [5.74, 6) is 1.42. The molecule has 6 heteroatoms. The van der Waals surface area contributed by atoms with Crippen molar-refractivity contribution < 1.29 is 5.11 Å². The van der Waals surface area contributed by atoms with E-state index in [1.165, 1.54) is 0 Å². The topological polar surface area (TPSA) is 70.1 Å². The number of aliphatic hydroxyl groups is 1. The Bertz CT molecular complexity index is 362. The highest BCUT2D eigenvalue weighted by Crippen LogP contribution is 2.21. The molecule has 1 atom stereocenters. The van der Waals surface area contributed by atoms with Gasteiger partial charge in [-0.1, -0.05) is 6.92 Å². The van der Waals surface area contributed by atoms with Crippen LogP contribution in [-0.4, -0.2) is 34.3 Å². The number of hydrogen-bond acceptors (Lipinski definition) is 5. The fourth-order valence-electron chi connectivity index (χ4n) is 1.49. The molecule has 0 fully saturated rings. The molecular formula is C12H21BrN4O. The lowest BCUT2D eigenvalue weighted by atomic mass is 10.2. The van der Waals surface area contributed by atoms with Gasteiger partial charge >= 0.3 is 0 Å². The summed E-state index contributed by atoms with van der Waals surface area (Å²) in [6, 6.07) is 0.266. The molecular weight excluding hydrogens is 296 g/mol. The van der Waals surface area contributed by atoms with Crippen molar-refractivity contribution in [2.45, 2.75) is 39.2 Å². The molecule has 1 aromatic rings. The lowest BCUT2D eigenvalue weighted by Gasteiger charge is -2.15. The molecule has 5 nitrogen and oxygen atoms in total. The second kappa shape index (κ2) is 8.26. The van der Waals surface area contributed by atoms with Gasteiger partial charge in [-0.2, -0.15) is 4.98 Å². The van der Waals surface area contributed by atoms with E-state index in [-0.39, 0.29) is 12.6 Å². The molecule has 0 amide bonds. The van der Waals surface area contributed by atoms with Crippen LogP contribution in [0.5, 0.6) is 0 Å². The van der Waals surface area contributed by atoms with Crippen molar-refractivity contribution >= 4 is 27.7 Å². The molecule has 0 spiro atoms. The van der Waals surface area contributed by atoms with Gasteiger partial charge in [-0.15, -0.1) is 0 Å². The van der Waals surface area contributed by atoms with Crippen molar-refractivity contribution in [3.63, 3.8) is 0 Å². The summed E-state index contributed by atoms with van der Waals surface area (Å²) >= 11 is 3.43. The summed E-state index contributed by atoms with van der Waals surface area (Å²) in [4.78, 5) is 8.61. The molecule has 0 saturated carbocycles. The molecule has 0 aliphatic carbocycles. The fraction of sp³-hybridized carbons (Fsp3) is 0.667. The molecule has 0 aromatic carbocycles. The van der Waals surface area contributed by atoms with Crippen LogP contribution in [0.4, 0.5) is 11.8 Å². The zero-order chi connectivity index (χ0) is 13.4. The smallest absolute Gasteiger partial charge is 0.224 e. The predicted molar refractivity (Wildman–Crippen MR) is 77.9 cm³/mol. The number of nitrogens with zero attached hydrogens (tertiary/aromatic N) is 2. The van der Waals surface area contributed by atoms with Crippen LogP contribution in [0.1, 0.15) is 33.1 Å². The van der Waals surface area contributed by atoms with E-state index < -0.39 is 0 Å². The van der Waals surface area contributed by atoms with Crippen molar-refractivity contribution in [2.75, 3.05) is 23.8 Å². The van der Waals surface area contributed by atoms with Gasteiger partial charge in [0.15, 0.2) is 0 Å². The molecule has 0 bridgehead atoms. The van der Waals surface area contributed by atoms with E-state index in [0.29, 0.717) is 5.95 Å². The van der Waals surface area contributed by atoms with Crippen LogP contribution < -0.4 is 10.6 Å². The van der Waals surface area contributed by atoms with Gasteiger partial charge in [0.1, 0.15) is 5.82 Å². The summed E-state index contributed by atoms with van der Waals surface area (Å²) in [6.45, 7) is 5.26. The highest BCUT2D eigenvalue weighted by Gasteiger charge is 2.08. The van der Waals surface area contributed by atoms with Crippen LogP contribution in [0.2, 0.25) is 0 Å². The van der Waals surface area contributed by atoms with E-state index in [2.05, 4.69) is 50.4 Å². The third kappa shape index (κ3) is 5.18. The number of hydrogen-bond donors (Lipinski definition) is 3. The summed E-state index contributed by atoms with van der Waals surface area (Å²) in [7, 11) is 0. The van der Waals surface area contributed by atoms with E-state index in [1.54, 1.807) is 6.20 Å². The van der Waals surface area contributed by atoms with Crippen LogP contribution >= 0.6 is 15.9 Å². The Morgan fingerprint density at radius 3 is 2.94 bits per heavy atom. The lowest BCUT2D eigenvalue weighted by molar-refractivity contribution is 0.282. The second-order valence-corrected chi connectivity index (χ2v) is 5.08. The standard InChI is InChI=1S/C12H21BrN4O/c1-3-6-14-12-15-8-10(13)11(17-12)16-9(2)5-4-7-18/h8-9,18H,3-7H2,1-2H3,(H2,14,15,16,17). The Labute approximate surface area is 117 Å². The average Bonchev–Trinajstić information content (AvgIpc) is 2.37. The van der Waals surface area contributed by atoms with Gasteiger partial charge in [0.2, 0.25) is 5.95 Å². The van der Waals surface area contributed by atoms with Crippen LogP contribution in [0, 0.1) is 0 Å². The van der Waals surface area contributed by atoms with Crippen molar-refractivity contribution in [2.24, 2.45) is 0 Å². The molecule has 0 aliphatic rings. The van der Waals surface area contributed by atoms with Crippen molar-refractivity contribution in [3.8, 4) is 0 Å². The largest absolute Gasteiger partial charge is 0.396 e. The minimum absolute atomic E-state index is 0.222. The van der Waals surface area contributed by atoms with E-state index in [0.717, 1.165) is 36.1 Å². The maximum atomic E-state index is 8.80. The van der Waals surface area contributed by atoms with Crippen LogP contribution in [0.3, 0.4) is 0 Å². The van der Waals surface area contributed by atoms with Gasteiger partial charge in [-0.25, -0.2) is 4.98 Å². The average molecular weight is 317 g/mol. The third-order valence-electron chi connectivity index (χ3n) is 2.46. The van der Waals surface area contributed by atoms with E-state index in [1.807, 2.05) is 0 Å². The van der Waals surface area contributed by atoms with E-state index in [4.69, 9.17) is 5.11 Å². The predicted octanol–water partition coefficient (Wildman–Crippen LogP) is 2.63. The molecule has 0 aliphatic heterocycles. The van der Waals surface area contributed by atoms with Crippen LogP contribution in [-0.2, 0) is 0 Å². The minimum Gasteiger partial charge on any atom is -0.396 e. The first kappa shape index (κ1) is 15.2. The Balaban J connectivity index is 2.62. The van der Waals surface area contributed by atoms with Gasteiger partial charge < -0.3 is 15.7 Å². The van der Waals surface area contributed by atoms with Crippen molar-refractivity contribution in [3.05, 3.63) is 10.7 Å². The molecule has 0 saturated heterocycles. The first-order valence-corrected chi connectivity index (χ1v) is 7.10. The SMILES string of the molecule is CCCNc1ncc(Br)c(NC(C)CCCO)n1. The summed E-state index contributed by atoms with van der Waals surface area (Å²) in [5.41, 5.74) is 0. The molecule has 0 radical (unpaired) electrons. The first-order chi connectivity index (χ1) is 8.67. The zero-order valence-corrected chi connectivity index (χ0v) is 12.5. The van der Waals surface area contributed by atoms with Gasteiger partial charge in [0, 0.05) is 25.4 Å². The molecule has 1 rings (SSSR count). The van der Waals surface area contributed by atoms with Gasteiger partial charge in [-0.3, -0.25) is 0 Å². The number of rotatable bonds is 8. The molecule has 1 unspecified atom stereocenters. The number of aromatic nitrogens is 2. The van der Waals surface area contributed by atoms with Gasteiger partial charge in [0.05, 0.1) is 4.47 Å². The van der Waals surface area contributed by atoms with E-state index in [9.17, 15) is 0 Å². The Morgan fingerprint density at radius 2 is 2.28 bits per heavy atom. The summed E-state index contributed by atoms with van der Waals surface area (Å²) < 4.78 is 0.848. The first-order valence-electron chi connectivity index (χ1n) is 6.31. The number of halogens is 1. The third-order valence-corrected chi connectivity index (χ3v) is 3.04. The number of anilines is 2. The molecule has 18 heavy (non-hydrogen) atoms. The van der Waals surface area contributed by atoms with Crippen molar-refractivity contribution in [1.29, 1.82) is 0 Å². The summed E-state index contributed by atoms with van der Waals surface area (Å²) in [6.07, 6.45) is 4.48. The van der Waals surface area contributed by atoms with Gasteiger partial charge in [0.25, 0.3) is 0 Å². The lowest BCUT2D eigenvalue weighted by Crippen LogP contribution is -2.17. The molecule has 3 N–H and O–H groups in total. The maximum absolute atomic E-state index is 8.80. The Kier molecular flexibility index (Phi) is 6.97. The molecule has 102 valence electrons. The fourth-order valence-corrected chi connectivity index (χ4v) is 1.80. The summed E-state index contributed by atoms with van der Waals surface area (Å²) in [5, 5.41) is 15.3. The highest BCUT2D eigenvalue weighted by molar-refractivity contribution is 9.10. The Morgan fingerprint density at radius 1 is 1.50 bits per heavy atom. The second-order valence-electron chi connectivity index (χ2n) is 4.23. The van der Waals surface area contributed by atoms with Crippen LogP contribution in [0.25, 0.3) is 0 Å². The van der Waals surface area contributed by atoms with E-state index >= 15 is 0 Å². The molecule has 1 aromatic heterocycles. The zero-order valence-electron chi connectivity index (χ0n) is 10.9. The normalized spacial score (nSPS) is 12.2. The Hall–Kier alpha value is -0.880. The van der Waals surface area contributed by atoms with Crippen LogP contribution in [0.15, 0.2) is 10.7 Å². The minimum atomic E-state index is 0.222. The number of aliphatic hydroxyl groups excluding tert-OH is 1. The maximum Gasteiger partial charge on any atom is 0.224 e. The quantitative estimate of drug-likeness (QED) is 0.687.